The zero-order valence-electron chi connectivity index (χ0n) is 11.3. The number of anilines is 1. The average molecular weight is 340 g/mol. The van der Waals surface area contributed by atoms with Crippen molar-refractivity contribution in [2.45, 2.75) is 6.54 Å². The van der Waals surface area contributed by atoms with E-state index in [1.807, 2.05) is 0 Å². The monoisotopic (exact) mass is 339 g/mol. The van der Waals surface area contributed by atoms with Crippen LogP contribution in [0.1, 0.15) is 15.9 Å². The van der Waals surface area contributed by atoms with Gasteiger partial charge in [0.2, 0.25) is 10.0 Å². The number of halogens is 2. The Hall–Kier alpha value is -1.92. The number of fused-ring (bicyclic) bond motifs is 1. The van der Waals surface area contributed by atoms with E-state index in [-0.39, 0.29) is 22.8 Å². The van der Waals surface area contributed by atoms with Gasteiger partial charge in [-0.2, -0.15) is 0 Å². The minimum atomic E-state index is -3.86. The Labute approximate surface area is 132 Å². The Morgan fingerprint density at radius 2 is 1.86 bits per heavy atom. The van der Waals surface area contributed by atoms with E-state index in [9.17, 15) is 17.6 Å². The van der Waals surface area contributed by atoms with Crippen molar-refractivity contribution in [1.29, 1.82) is 0 Å². The Bertz CT molecular complexity index is 847. The van der Waals surface area contributed by atoms with E-state index in [4.69, 9.17) is 11.6 Å². The van der Waals surface area contributed by atoms with Gasteiger partial charge in [0.05, 0.1) is 12.2 Å². The number of sulfonamides is 1. The third kappa shape index (κ3) is 2.48. The van der Waals surface area contributed by atoms with Gasteiger partial charge in [-0.1, -0.05) is 29.8 Å². The largest absolute Gasteiger partial charge is 0.293 e. The van der Waals surface area contributed by atoms with E-state index in [1.54, 1.807) is 18.2 Å². The van der Waals surface area contributed by atoms with Gasteiger partial charge < -0.3 is 0 Å². The lowest BCUT2D eigenvalue weighted by Crippen LogP contribution is -2.40. The van der Waals surface area contributed by atoms with Crippen LogP contribution in [0, 0.1) is 5.82 Å². The summed E-state index contributed by atoms with van der Waals surface area (Å²) in [5.41, 5.74) is 0.639. The van der Waals surface area contributed by atoms with Crippen LogP contribution >= 0.6 is 11.6 Å². The molecule has 0 amide bonds. The quantitative estimate of drug-likeness (QED) is 0.845. The first-order valence-electron chi connectivity index (χ1n) is 6.45. The second-order valence-corrected chi connectivity index (χ2v) is 7.20. The molecule has 1 aliphatic rings. The summed E-state index contributed by atoms with van der Waals surface area (Å²) in [5.74, 6) is -1.68. The first-order valence-corrected chi connectivity index (χ1v) is 8.44. The summed E-state index contributed by atoms with van der Waals surface area (Å²) in [7, 11) is -3.86. The number of hydrogen-bond acceptors (Lipinski definition) is 3. The predicted molar refractivity (Wildman–Crippen MR) is 82.2 cm³/mol. The molecule has 4 nitrogen and oxygen atoms in total. The predicted octanol–water partition coefficient (Wildman–Crippen LogP) is 3.01. The molecule has 0 aromatic heterocycles. The van der Waals surface area contributed by atoms with Crippen molar-refractivity contribution >= 4 is 33.1 Å². The molecule has 22 heavy (non-hydrogen) atoms. The molecule has 1 heterocycles. The van der Waals surface area contributed by atoms with Crippen molar-refractivity contribution in [3.05, 3.63) is 64.4 Å². The van der Waals surface area contributed by atoms with Crippen molar-refractivity contribution in [3.8, 4) is 0 Å². The number of carbonyl (C=O) groups excluding carboxylic acids is 1. The highest BCUT2D eigenvalue weighted by atomic mass is 35.5. The minimum absolute atomic E-state index is 0.0805. The molecule has 0 unspecified atom stereocenters. The molecule has 7 heteroatoms. The van der Waals surface area contributed by atoms with Gasteiger partial charge in [0.15, 0.2) is 5.78 Å². The van der Waals surface area contributed by atoms with Crippen molar-refractivity contribution < 1.29 is 17.6 Å². The molecule has 0 spiro atoms. The molecule has 2 aromatic rings. The number of para-hydroxylation sites is 1. The molecule has 114 valence electrons. The summed E-state index contributed by atoms with van der Waals surface area (Å²) >= 11 is 5.97. The fourth-order valence-corrected chi connectivity index (χ4v) is 4.06. The van der Waals surface area contributed by atoms with Crippen LogP contribution in [-0.4, -0.2) is 20.0 Å². The number of rotatable bonds is 2. The van der Waals surface area contributed by atoms with Gasteiger partial charge >= 0.3 is 0 Å². The molecule has 0 N–H and O–H groups in total. The van der Waals surface area contributed by atoms with E-state index >= 15 is 0 Å². The van der Waals surface area contributed by atoms with Gasteiger partial charge in [-0.15, -0.1) is 0 Å². The second-order valence-electron chi connectivity index (χ2n) is 4.90. The van der Waals surface area contributed by atoms with Crippen molar-refractivity contribution in [2.75, 3.05) is 10.1 Å². The molecule has 0 radical (unpaired) electrons. The van der Waals surface area contributed by atoms with E-state index < -0.39 is 27.4 Å². The van der Waals surface area contributed by atoms with Crippen LogP contribution in [0.2, 0.25) is 5.02 Å². The summed E-state index contributed by atoms with van der Waals surface area (Å²) in [6, 6.07) is 10.5. The van der Waals surface area contributed by atoms with Crippen molar-refractivity contribution in [3.63, 3.8) is 0 Å². The van der Waals surface area contributed by atoms with E-state index in [0.717, 1.165) is 4.31 Å². The number of benzene rings is 2. The molecule has 0 fully saturated rings. The van der Waals surface area contributed by atoms with Crippen LogP contribution in [0.3, 0.4) is 0 Å². The summed E-state index contributed by atoms with van der Waals surface area (Å²) < 4.78 is 39.6. The van der Waals surface area contributed by atoms with Gasteiger partial charge in [-0.25, -0.2) is 12.8 Å². The summed E-state index contributed by atoms with van der Waals surface area (Å²) in [4.78, 5) is 11.9. The van der Waals surface area contributed by atoms with Crippen LogP contribution in [0.4, 0.5) is 10.1 Å². The zero-order valence-corrected chi connectivity index (χ0v) is 12.9. The summed E-state index contributed by atoms with van der Waals surface area (Å²) in [6.45, 7) is -0.252. The lowest BCUT2D eigenvalue weighted by Gasteiger charge is -2.30. The second kappa shape index (κ2) is 5.37. The fraction of sp³-hybridized carbons (Fsp3) is 0.133. The van der Waals surface area contributed by atoms with Gasteiger partial charge in [-0.05, 0) is 24.3 Å². The molecular formula is C15H11ClFNO3S. The minimum Gasteiger partial charge on any atom is -0.293 e. The number of carbonyl (C=O) groups is 1. The normalized spacial score (nSPS) is 16.5. The average Bonchev–Trinajstić information content (AvgIpc) is 2.45. The van der Waals surface area contributed by atoms with Gasteiger partial charge in [0.25, 0.3) is 0 Å². The molecule has 0 saturated heterocycles. The third-order valence-corrected chi connectivity index (χ3v) is 5.46. The molecule has 2 aromatic carbocycles. The standard InChI is InChI=1S/C15H11ClFNO3S/c16-12-5-3-6-13(17)11(12)8-18-14-7-2-1-4-10(14)15(19)9-22(18,20)21/h1-7H,8-9H2. The lowest BCUT2D eigenvalue weighted by molar-refractivity contribution is 0.102. The molecular weight excluding hydrogens is 329 g/mol. The van der Waals surface area contributed by atoms with Crippen LogP contribution < -0.4 is 4.31 Å². The van der Waals surface area contributed by atoms with Crippen molar-refractivity contribution in [2.24, 2.45) is 0 Å². The van der Waals surface area contributed by atoms with Gasteiger partial charge in [0.1, 0.15) is 11.6 Å². The maximum Gasteiger partial charge on any atom is 0.243 e. The molecule has 3 rings (SSSR count). The highest BCUT2D eigenvalue weighted by Gasteiger charge is 2.35. The summed E-state index contributed by atoms with van der Waals surface area (Å²) in [5, 5.41) is 0.143. The smallest absolute Gasteiger partial charge is 0.243 e. The van der Waals surface area contributed by atoms with E-state index in [2.05, 4.69) is 0 Å². The Morgan fingerprint density at radius 3 is 2.59 bits per heavy atom. The highest BCUT2D eigenvalue weighted by molar-refractivity contribution is 7.93. The Kier molecular flexibility index (Phi) is 3.66. The first-order chi connectivity index (χ1) is 10.4. The maximum absolute atomic E-state index is 13.9. The van der Waals surface area contributed by atoms with Crippen LogP contribution in [0.25, 0.3) is 0 Å². The van der Waals surface area contributed by atoms with Gasteiger partial charge in [0, 0.05) is 16.1 Å². The topological polar surface area (TPSA) is 54.5 Å². The number of nitrogens with zero attached hydrogens (tertiary/aromatic N) is 1. The van der Waals surface area contributed by atoms with Gasteiger partial charge in [-0.3, -0.25) is 9.10 Å². The molecule has 1 aliphatic heterocycles. The van der Waals surface area contributed by atoms with Crippen LogP contribution in [0.5, 0.6) is 0 Å². The Balaban J connectivity index is 2.13. The first kappa shape index (κ1) is 15.0. The molecule has 0 saturated carbocycles. The van der Waals surface area contributed by atoms with Crippen LogP contribution in [-0.2, 0) is 16.6 Å². The lowest BCUT2D eigenvalue weighted by atomic mass is 10.1. The maximum atomic E-state index is 13.9. The molecule has 0 aliphatic carbocycles. The molecule has 0 bridgehead atoms. The third-order valence-electron chi connectivity index (χ3n) is 3.49. The van der Waals surface area contributed by atoms with E-state index in [0.29, 0.717) is 5.56 Å². The number of Topliss-reactive ketones (excluding diaryl/α,β-unsaturated/α-hetero) is 1. The van der Waals surface area contributed by atoms with E-state index in [1.165, 1.54) is 24.3 Å². The molecule has 0 atom stereocenters. The summed E-state index contributed by atoms with van der Waals surface area (Å²) in [6.07, 6.45) is 0. The fourth-order valence-electron chi connectivity index (χ4n) is 2.41. The highest BCUT2D eigenvalue weighted by Crippen LogP contribution is 2.32. The van der Waals surface area contributed by atoms with Crippen LogP contribution in [0.15, 0.2) is 42.5 Å². The Morgan fingerprint density at radius 1 is 1.14 bits per heavy atom. The van der Waals surface area contributed by atoms with Crippen molar-refractivity contribution in [1.82, 2.24) is 0 Å². The number of ketones is 1. The SMILES string of the molecule is O=C1CS(=O)(=O)N(Cc2c(F)cccc2Cl)c2ccccc21. The number of hydrogen-bond donors (Lipinski definition) is 0. The zero-order chi connectivity index (χ0) is 15.9.